The minimum absolute atomic E-state index is 0.0179. The molecule has 2 heterocycles. The zero-order valence-corrected chi connectivity index (χ0v) is 23.9. The van der Waals surface area contributed by atoms with Crippen LogP contribution in [0.4, 0.5) is 28.9 Å². The average molecular weight is 624 g/mol. The molecule has 3 N–H and O–H groups in total. The van der Waals surface area contributed by atoms with Gasteiger partial charge in [-0.15, -0.1) is 0 Å². The summed E-state index contributed by atoms with van der Waals surface area (Å²) in [5.41, 5.74) is 1.89. The lowest BCUT2D eigenvalue weighted by Crippen LogP contribution is -2.21. The first-order valence-corrected chi connectivity index (χ1v) is 14.1. The van der Waals surface area contributed by atoms with Crippen LogP contribution >= 0.6 is 0 Å². The van der Waals surface area contributed by atoms with E-state index in [1.54, 1.807) is 48.5 Å². The number of amides is 1. The van der Waals surface area contributed by atoms with Gasteiger partial charge in [-0.05, 0) is 54.8 Å². The fourth-order valence-corrected chi connectivity index (χ4v) is 4.78. The van der Waals surface area contributed by atoms with E-state index in [1.165, 1.54) is 12.1 Å². The van der Waals surface area contributed by atoms with Crippen molar-refractivity contribution < 1.29 is 41.7 Å². The van der Waals surface area contributed by atoms with Gasteiger partial charge in [0.2, 0.25) is 11.8 Å². The first kappa shape index (κ1) is 31.5. The van der Waals surface area contributed by atoms with E-state index < -0.39 is 23.5 Å². The number of hydrogen-bond donors (Lipinski definition) is 3. The van der Waals surface area contributed by atoms with Crippen molar-refractivity contribution in [1.29, 1.82) is 0 Å². The number of nitrogens with one attached hydrogen (secondary N) is 2. The molecule has 45 heavy (non-hydrogen) atoms. The molecule has 1 unspecified atom stereocenters. The van der Waals surface area contributed by atoms with Crippen LogP contribution in [0.25, 0.3) is 11.3 Å². The van der Waals surface area contributed by atoms with Crippen molar-refractivity contribution in [3.8, 4) is 17.1 Å². The molecule has 1 aromatic heterocycles. The molecular weight excluding hydrogens is 594 g/mol. The average Bonchev–Trinajstić information content (AvgIpc) is 3.54. The highest BCUT2D eigenvalue weighted by Gasteiger charge is 2.31. The highest BCUT2D eigenvalue weighted by Crippen LogP contribution is 2.31. The highest BCUT2D eigenvalue weighted by molar-refractivity contribution is 5.97. The van der Waals surface area contributed by atoms with Gasteiger partial charge < -0.3 is 25.2 Å². The van der Waals surface area contributed by atoms with Crippen molar-refractivity contribution in [2.75, 3.05) is 23.8 Å². The molecule has 1 fully saturated rings. The number of aromatic nitrogens is 1. The summed E-state index contributed by atoms with van der Waals surface area (Å²) < 4.78 is 63.7. The molecule has 12 heteroatoms. The number of nitrogens with zero attached hydrogens (tertiary/aromatic N) is 1. The van der Waals surface area contributed by atoms with Crippen LogP contribution in [0.5, 0.6) is 5.88 Å². The number of benzene rings is 3. The number of pyridine rings is 1. The molecule has 4 aromatic rings. The lowest BCUT2D eigenvalue weighted by Gasteiger charge is -2.16. The van der Waals surface area contributed by atoms with Gasteiger partial charge in [-0.25, -0.2) is 14.2 Å². The van der Waals surface area contributed by atoms with Gasteiger partial charge in [0, 0.05) is 30.3 Å². The number of carbonyl (C=O) groups excluding carboxylic acids is 1. The standard InChI is InChI=1S/C33H29F4N3O5/c34-26-17-24(33(35,36)37)12-10-23(26)19-45-31-5-1-4-27(40-31)21-8-6-20(7-9-21)15-30(41)39-28-13-11-22(32(42)43)16-29(28)38-18-25-3-2-14-44-25/h1,4-13,16-17,25,38H,2-3,14-15,18-19H2,(H,39,41)(H,42,43). The molecule has 0 aliphatic carbocycles. The Morgan fingerprint density at radius 2 is 1.80 bits per heavy atom. The van der Waals surface area contributed by atoms with E-state index in [-0.39, 0.29) is 42.0 Å². The molecule has 5 rings (SSSR count). The molecular formula is C33H29F4N3O5. The third-order valence-electron chi connectivity index (χ3n) is 7.18. The van der Waals surface area contributed by atoms with E-state index in [1.807, 2.05) is 0 Å². The van der Waals surface area contributed by atoms with E-state index in [0.717, 1.165) is 36.1 Å². The molecule has 0 bridgehead atoms. The van der Waals surface area contributed by atoms with Crippen LogP contribution in [0.2, 0.25) is 0 Å². The number of ether oxygens (including phenoxy) is 2. The Morgan fingerprint density at radius 1 is 1.00 bits per heavy atom. The van der Waals surface area contributed by atoms with Crippen molar-refractivity contribution >= 4 is 23.3 Å². The van der Waals surface area contributed by atoms with Crippen molar-refractivity contribution in [2.24, 2.45) is 0 Å². The quantitative estimate of drug-likeness (QED) is 0.155. The predicted molar refractivity (Wildman–Crippen MR) is 159 cm³/mol. The maximum atomic E-state index is 14.2. The smallest absolute Gasteiger partial charge is 0.416 e. The number of alkyl halides is 3. The van der Waals surface area contributed by atoms with E-state index >= 15 is 0 Å². The Kier molecular flexibility index (Phi) is 9.62. The molecule has 0 spiro atoms. The van der Waals surface area contributed by atoms with E-state index in [0.29, 0.717) is 36.3 Å². The van der Waals surface area contributed by atoms with Gasteiger partial charge in [-0.1, -0.05) is 36.4 Å². The van der Waals surface area contributed by atoms with Gasteiger partial charge in [0.25, 0.3) is 0 Å². The van der Waals surface area contributed by atoms with Crippen molar-refractivity contribution in [1.82, 2.24) is 4.98 Å². The number of hydrogen-bond acceptors (Lipinski definition) is 6. The van der Waals surface area contributed by atoms with Crippen LogP contribution in [0.15, 0.2) is 78.9 Å². The molecule has 1 aliphatic heterocycles. The molecule has 1 atom stereocenters. The van der Waals surface area contributed by atoms with E-state index in [9.17, 15) is 32.3 Å². The molecule has 0 radical (unpaired) electrons. The van der Waals surface area contributed by atoms with Gasteiger partial charge in [-0.2, -0.15) is 13.2 Å². The van der Waals surface area contributed by atoms with Crippen LogP contribution in [0.3, 0.4) is 0 Å². The van der Waals surface area contributed by atoms with Crippen LogP contribution in [-0.2, 0) is 28.7 Å². The van der Waals surface area contributed by atoms with Crippen molar-refractivity contribution in [3.05, 3.63) is 107 Å². The SMILES string of the molecule is O=C(Cc1ccc(-c2cccc(OCc3ccc(C(F)(F)F)cc3F)n2)cc1)Nc1ccc(C(=O)O)cc1NCC1CCCO1. The minimum atomic E-state index is -4.64. The molecule has 1 saturated heterocycles. The lowest BCUT2D eigenvalue weighted by molar-refractivity contribution is -0.137. The maximum absolute atomic E-state index is 14.2. The Hall–Kier alpha value is -4.97. The first-order valence-electron chi connectivity index (χ1n) is 14.1. The van der Waals surface area contributed by atoms with Crippen LogP contribution < -0.4 is 15.4 Å². The summed E-state index contributed by atoms with van der Waals surface area (Å²) in [5, 5.41) is 15.4. The number of rotatable bonds is 11. The monoisotopic (exact) mass is 623 g/mol. The van der Waals surface area contributed by atoms with Gasteiger partial charge in [0.1, 0.15) is 12.4 Å². The summed E-state index contributed by atoms with van der Waals surface area (Å²) in [4.78, 5) is 28.8. The fourth-order valence-electron chi connectivity index (χ4n) is 4.78. The number of halogens is 4. The Bertz CT molecular complexity index is 1670. The first-order chi connectivity index (χ1) is 21.5. The number of carboxylic acids is 1. The number of carboxylic acid groups (broad SMARTS) is 1. The number of aromatic carboxylic acids is 1. The second-order valence-electron chi connectivity index (χ2n) is 10.5. The van der Waals surface area contributed by atoms with Crippen molar-refractivity contribution in [3.63, 3.8) is 0 Å². The molecule has 3 aromatic carbocycles. The van der Waals surface area contributed by atoms with Crippen LogP contribution in [-0.4, -0.2) is 41.2 Å². The zero-order valence-electron chi connectivity index (χ0n) is 23.9. The fraction of sp³-hybridized carbons (Fsp3) is 0.242. The van der Waals surface area contributed by atoms with Gasteiger partial charge in [0.05, 0.1) is 40.7 Å². The summed E-state index contributed by atoms with van der Waals surface area (Å²) in [7, 11) is 0. The largest absolute Gasteiger partial charge is 0.478 e. The Morgan fingerprint density at radius 3 is 2.49 bits per heavy atom. The summed E-state index contributed by atoms with van der Waals surface area (Å²) >= 11 is 0. The van der Waals surface area contributed by atoms with Crippen molar-refractivity contribution in [2.45, 2.75) is 38.1 Å². The minimum Gasteiger partial charge on any atom is -0.478 e. The third-order valence-corrected chi connectivity index (χ3v) is 7.18. The lowest BCUT2D eigenvalue weighted by atomic mass is 10.1. The van der Waals surface area contributed by atoms with Gasteiger partial charge in [-0.3, -0.25) is 4.79 Å². The molecule has 0 saturated carbocycles. The Labute approximate surface area is 256 Å². The topological polar surface area (TPSA) is 110 Å². The van der Waals surface area contributed by atoms with E-state index in [4.69, 9.17) is 9.47 Å². The normalized spacial score (nSPS) is 14.6. The maximum Gasteiger partial charge on any atom is 0.416 e. The highest BCUT2D eigenvalue weighted by atomic mass is 19.4. The molecule has 8 nitrogen and oxygen atoms in total. The van der Waals surface area contributed by atoms with Gasteiger partial charge >= 0.3 is 12.1 Å². The van der Waals surface area contributed by atoms with Gasteiger partial charge in [0.15, 0.2) is 0 Å². The number of carbonyl (C=O) groups is 2. The second kappa shape index (κ2) is 13.8. The molecule has 234 valence electrons. The third kappa shape index (κ3) is 8.36. The second-order valence-corrected chi connectivity index (χ2v) is 10.5. The van der Waals surface area contributed by atoms with Crippen LogP contribution in [0, 0.1) is 5.82 Å². The predicted octanol–water partition coefficient (Wildman–Crippen LogP) is 6.96. The summed E-state index contributed by atoms with van der Waals surface area (Å²) in [5.74, 6) is -2.24. The van der Waals surface area contributed by atoms with E-state index in [2.05, 4.69) is 15.6 Å². The summed E-state index contributed by atoms with van der Waals surface area (Å²) in [6.07, 6.45) is -2.70. The van der Waals surface area contributed by atoms with Crippen LogP contribution in [0.1, 0.15) is 39.9 Å². The molecule has 1 aliphatic rings. The zero-order chi connectivity index (χ0) is 32.0. The summed E-state index contributed by atoms with van der Waals surface area (Å²) in [6, 6.07) is 18.8. The number of anilines is 2. The molecule has 1 amide bonds. The summed E-state index contributed by atoms with van der Waals surface area (Å²) in [6.45, 7) is 0.866. The Balaban J connectivity index is 1.20.